The molecule has 4 aromatic rings. The summed E-state index contributed by atoms with van der Waals surface area (Å²) in [6.45, 7) is 6.46. The molecule has 0 unspecified atom stereocenters. The molecule has 4 heterocycles. The molecule has 4 aromatic heterocycles. The van der Waals surface area contributed by atoms with Gasteiger partial charge in [-0.05, 0) is 39.7 Å². The maximum atomic E-state index is 11.8. The van der Waals surface area contributed by atoms with Gasteiger partial charge in [-0.15, -0.1) is 0 Å². The SMILES string of the molecule is COc1cnc(-c2nn(Cc3c(C)noc3C)c(C3CC3)c2C)nc1Nc1ccncc1C(N)=O. The lowest BCUT2D eigenvalue weighted by atomic mass is 10.1. The van der Waals surface area contributed by atoms with Gasteiger partial charge >= 0.3 is 0 Å². The number of hydrogen-bond acceptors (Lipinski definition) is 9. The number of anilines is 2. The van der Waals surface area contributed by atoms with Crippen molar-refractivity contribution in [2.75, 3.05) is 12.4 Å². The molecule has 11 nitrogen and oxygen atoms in total. The average Bonchev–Trinajstić information content (AvgIpc) is 3.56. The maximum Gasteiger partial charge on any atom is 0.252 e. The van der Waals surface area contributed by atoms with Crippen LogP contribution in [0.15, 0.2) is 29.2 Å². The van der Waals surface area contributed by atoms with Gasteiger partial charge < -0.3 is 20.3 Å². The minimum absolute atomic E-state index is 0.241. The van der Waals surface area contributed by atoms with Crippen LogP contribution in [0.1, 0.15) is 57.4 Å². The third kappa shape index (κ3) is 4.20. The number of pyridine rings is 1. The molecule has 1 fully saturated rings. The van der Waals surface area contributed by atoms with E-state index < -0.39 is 5.91 Å². The van der Waals surface area contributed by atoms with Gasteiger partial charge in [0.05, 0.1) is 36.8 Å². The average molecular weight is 475 g/mol. The quantitative estimate of drug-likeness (QED) is 0.392. The lowest BCUT2D eigenvalue weighted by Crippen LogP contribution is -2.14. The molecule has 0 aromatic carbocycles. The minimum atomic E-state index is -0.600. The second-order valence-corrected chi connectivity index (χ2v) is 8.61. The highest BCUT2D eigenvalue weighted by Crippen LogP contribution is 2.44. The zero-order valence-electron chi connectivity index (χ0n) is 20.0. The fourth-order valence-corrected chi connectivity index (χ4v) is 4.20. The molecule has 1 saturated carbocycles. The monoisotopic (exact) mass is 474 g/mol. The molecular weight excluding hydrogens is 448 g/mol. The third-order valence-corrected chi connectivity index (χ3v) is 6.22. The Morgan fingerprint density at radius 2 is 2.09 bits per heavy atom. The first-order valence-corrected chi connectivity index (χ1v) is 11.3. The van der Waals surface area contributed by atoms with Crippen LogP contribution in [-0.4, -0.2) is 42.9 Å². The van der Waals surface area contributed by atoms with Gasteiger partial charge in [0.2, 0.25) is 0 Å². The Hall–Kier alpha value is -4.28. The van der Waals surface area contributed by atoms with E-state index in [-0.39, 0.29) is 5.56 Å². The van der Waals surface area contributed by atoms with Crippen molar-refractivity contribution in [1.82, 2.24) is 29.9 Å². The summed E-state index contributed by atoms with van der Waals surface area (Å²) in [4.78, 5) is 25.0. The van der Waals surface area contributed by atoms with E-state index >= 15 is 0 Å². The van der Waals surface area contributed by atoms with Crippen molar-refractivity contribution in [3.8, 4) is 17.3 Å². The number of rotatable bonds is 8. The predicted molar refractivity (Wildman–Crippen MR) is 128 cm³/mol. The molecule has 1 aliphatic rings. The lowest BCUT2D eigenvalue weighted by Gasteiger charge is -2.12. The van der Waals surface area contributed by atoms with Gasteiger partial charge in [0.15, 0.2) is 17.4 Å². The molecule has 0 spiro atoms. The van der Waals surface area contributed by atoms with Crippen LogP contribution in [0, 0.1) is 20.8 Å². The Labute approximate surface area is 201 Å². The summed E-state index contributed by atoms with van der Waals surface area (Å²) in [6, 6.07) is 1.65. The van der Waals surface area contributed by atoms with E-state index in [9.17, 15) is 4.79 Å². The van der Waals surface area contributed by atoms with Crippen LogP contribution in [0.3, 0.4) is 0 Å². The van der Waals surface area contributed by atoms with Gasteiger partial charge in [0, 0.05) is 35.1 Å². The normalized spacial score (nSPS) is 13.1. The molecular formula is C24H26N8O3. The molecule has 180 valence electrons. The van der Waals surface area contributed by atoms with Crippen LogP contribution >= 0.6 is 0 Å². The summed E-state index contributed by atoms with van der Waals surface area (Å²) in [5.74, 6) is 1.89. The van der Waals surface area contributed by atoms with Crippen LogP contribution in [0.25, 0.3) is 11.5 Å². The smallest absolute Gasteiger partial charge is 0.252 e. The van der Waals surface area contributed by atoms with E-state index in [2.05, 4.69) is 27.4 Å². The number of aryl methyl sites for hydroxylation is 2. The van der Waals surface area contributed by atoms with Gasteiger partial charge in [-0.1, -0.05) is 5.16 Å². The van der Waals surface area contributed by atoms with Crippen molar-refractivity contribution in [3.05, 3.63) is 58.5 Å². The van der Waals surface area contributed by atoms with Crippen molar-refractivity contribution < 1.29 is 14.1 Å². The number of amides is 1. The van der Waals surface area contributed by atoms with Gasteiger partial charge in [-0.2, -0.15) is 5.10 Å². The van der Waals surface area contributed by atoms with E-state index in [0.717, 1.165) is 35.4 Å². The van der Waals surface area contributed by atoms with Crippen molar-refractivity contribution in [3.63, 3.8) is 0 Å². The summed E-state index contributed by atoms with van der Waals surface area (Å²) in [5.41, 5.74) is 11.0. The molecule has 1 aliphatic carbocycles. The maximum absolute atomic E-state index is 11.8. The number of methoxy groups -OCH3 is 1. The summed E-state index contributed by atoms with van der Waals surface area (Å²) in [7, 11) is 1.53. The topological polar surface area (TPSA) is 147 Å². The number of nitrogens with zero attached hydrogens (tertiary/aromatic N) is 6. The number of aromatic nitrogens is 6. The van der Waals surface area contributed by atoms with Crippen LogP contribution < -0.4 is 15.8 Å². The number of nitrogens with two attached hydrogens (primary N) is 1. The Morgan fingerprint density at radius 3 is 2.74 bits per heavy atom. The molecule has 1 amide bonds. The highest BCUT2D eigenvalue weighted by Gasteiger charge is 2.32. The largest absolute Gasteiger partial charge is 0.491 e. The van der Waals surface area contributed by atoms with Crippen LogP contribution in [0.2, 0.25) is 0 Å². The number of primary amides is 1. The highest BCUT2D eigenvalue weighted by molar-refractivity contribution is 5.98. The van der Waals surface area contributed by atoms with Gasteiger partial charge in [-0.25, -0.2) is 9.97 Å². The van der Waals surface area contributed by atoms with E-state index in [1.54, 1.807) is 18.5 Å². The number of ether oxygens (including phenoxy) is 1. The Balaban J connectivity index is 1.56. The number of hydrogen-bond donors (Lipinski definition) is 2. The molecule has 3 N–H and O–H groups in total. The standard InChI is InChI=1S/C24H26N8O3/c1-12-20(30-32(21(12)15-5-6-15)11-17-13(2)31-35-14(17)3)24-27-10-19(34-4)23(29-24)28-18-7-8-26-9-16(18)22(25)33/h7-10,15H,5-6,11H2,1-4H3,(H2,25,33)(H,26,27,28,29). The minimum Gasteiger partial charge on any atom is -0.491 e. The second-order valence-electron chi connectivity index (χ2n) is 8.61. The predicted octanol–water partition coefficient (Wildman–Crippen LogP) is 3.43. The number of nitrogens with one attached hydrogen (secondary N) is 1. The fraction of sp³-hybridized carbons (Fsp3) is 0.333. The van der Waals surface area contributed by atoms with E-state index in [4.69, 9.17) is 25.1 Å². The lowest BCUT2D eigenvalue weighted by molar-refractivity contribution is 0.100. The summed E-state index contributed by atoms with van der Waals surface area (Å²) >= 11 is 0. The molecule has 35 heavy (non-hydrogen) atoms. The van der Waals surface area contributed by atoms with Gasteiger partial charge in [0.1, 0.15) is 11.5 Å². The van der Waals surface area contributed by atoms with E-state index in [1.165, 1.54) is 19.0 Å². The zero-order valence-corrected chi connectivity index (χ0v) is 20.0. The molecule has 0 radical (unpaired) electrons. The van der Waals surface area contributed by atoms with E-state index in [0.29, 0.717) is 41.2 Å². The first-order valence-electron chi connectivity index (χ1n) is 11.3. The fourth-order valence-electron chi connectivity index (χ4n) is 4.20. The first kappa shape index (κ1) is 22.5. The first-order chi connectivity index (χ1) is 16.9. The zero-order chi connectivity index (χ0) is 24.7. The summed E-state index contributed by atoms with van der Waals surface area (Å²) in [5, 5.41) is 12.1. The molecule has 0 aliphatic heterocycles. The Kier molecular flexibility index (Phi) is 5.67. The highest BCUT2D eigenvalue weighted by atomic mass is 16.5. The van der Waals surface area contributed by atoms with Crippen molar-refractivity contribution >= 4 is 17.4 Å². The van der Waals surface area contributed by atoms with E-state index in [1.807, 2.05) is 18.5 Å². The van der Waals surface area contributed by atoms with Crippen molar-refractivity contribution in [2.24, 2.45) is 5.73 Å². The number of carbonyl (C=O) groups is 1. The van der Waals surface area contributed by atoms with Crippen molar-refractivity contribution in [1.29, 1.82) is 0 Å². The second kappa shape index (κ2) is 8.82. The van der Waals surface area contributed by atoms with Crippen LogP contribution in [0.5, 0.6) is 5.75 Å². The molecule has 5 rings (SSSR count). The summed E-state index contributed by atoms with van der Waals surface area (Å²) in [6.07, 6.45) is 6.80. The van der Waals surface area contributed by atoms with Crippen molar-refractivity contribution in [2.45, 2.75) is 46.1 Å². The van der Waals surface area contributed by atoms with Crippen LogP contribution in [0.4, 0.5) is 11.5 Å². The third-order valence-electron chi connectivity index (χ3n) is 6.22. The Bertz CT molecular complexity index is 1400. The number of carbonyl (C=O) groups excluding carboxylic acids is 1. The van der Waals surface area contributed by atoms with Crippen LogP contribution in [-0.2, 0) is 6.54 Å². The molecule has 11 heteroatoms. The van der Waals surface area contributed by atoms with Gasteiger partial charge in [-0.3, -0.25) is 14.5 Å². The molecule has 0 atom stereocenters. The summed E-state index contributed by atoms with van der Waals surface area (Å²) < 4.78 is 12.8. The van der Waals surface area contributed by atoms with Gasteiger partial charge in [0.25, 0.3) is 5.91 Å². The Morgan fingerprint density at radius 1 is 1.29 bits per heavy atom. The molecule has 0 saturated heterocycles. The molecule has 0 bridgehead atoms.